The molecule has 4 rings (SSSR count). The van der Waals surface area contributed by atoms with Gasteiger partial charge < -0.3 is 19.5 Å². The molecule has 0 saturated heterocycles. The molecule has 2 aliphatic rings. The van der Waals surface area contributed by atoms with Gasteiger partial charge >= 0.3 is 5.97 Å². The number of hydrogen-bond acceptors (Lipinski definition) is 7. The molecule has 1 aromatic carbocycles. The standard InChI is InChI=1S/C28H33NO5S/c1-16(2)33-11-12-34-28(31)25-18(4)29-22-14-20(19-7-6-8-21(13-19)32-5)15-23(30)26(22)27(25)24-10-9-17(3)35-24/h6-10,13,16,20,27,29H,11-12,14-15H2,1-5H3/t20-,27-/m1/s1. The maximum absolute atomic E-state index is 13.6. The Hall–Kier alpha value is -2.90. The van der Waals surface area contributed by atoms with E-state index in [1.54, 1.807) is 18.4 Å². The minimum absolute atomic E-state index is 0.0454. The number of methoxy groups -OCH3 is 1. The van der Waals surface area contributed by atoms with Crippen molar-refractivity contribution in [1.29, 1.82) is 0 Å². The zero-order valence-corrected chi connectivity index (χ0v) is 21.8. The Morgan fingerprint density at radius 1 is 1.14 bits per heavy atom. The van der Waals surface area contributed by atoms with E-state index in [4.69, 9.17) is 14.2 Å². The maximum atomic E-state index is 13.6. The first-order valence-corrected chi connectivity index (χ1v) is 12.8. The lowest BCUT2D eigenvalue weighted by Gasteiger charge is -2.36. The molecule has 186 valence electrons. The highest BCUT2D eigenvalue weighted by Gasteiger charge is 2.42. The average Bonchev–Trinajstić information content (AvgIpc) is 3.26. The lowest BCUT2D eigenvalue weighted by Crippen LogP contribution is -2.36. The minimum atomic E-state index is -0.428. The SMILES string of the molecule is COc1cccc([C@H]2CC(=O)C3=C(C2)NC(C)=C(C(=O)OCCOC(C)C)[C@H]3c2ccc(C)s2)c1. The number of esters is 1. The first-order chi connectivity index (χ1) is 16.8. The Labute approximate surface area is 211 Å². The summed E-state index contributed by atoms with van der Waals surface area (Å²) in [4.78, 5) is 29.0. The molecule has 0 unspecified atom stereocenters. The molecule has 2 aromatic rings. The third-order valence-electron chi connectivity index (χ3n) is 6.43. The number of ether oxygens (including phenoxy) is 3. The van der Waals surface area contributed by atoms with Crippen LogP contribution in [0.25, 0.3) is 0 Å². The number of allylic oxidation sites excluding steroid dienone is 3. The molecule has 35 heavy (non-hydrogen) atoms. The van der Waals surface area contributed by atoms with Crippen LogP contribution in [0.15, 0.2) is 58.9 Å². The van der Waals surface area contributed by atoms with E-state index < -0.39 is 11.9 Å². The van der Waals surface area contributed by atoms with Gasteiger partial charge in [-0.25, -0.2) is 4.79 Å². The number of carbonyl (C=O) groups excluding carboxylic acids is 2. The van der Waals surface area contributed by atoms with Gasteiger partial charge in [-0.2, -0.15) is 0 Å². The summed E-state index contributed by atoms with van der Waals surface area (Å²) in [6.07, 6.45) is 1.15. The van der Waals surface area contributed by atoms with Crippen molar-refractivity contribution >= 4 is 23.1 Å². The second-order valence-corrected chi connectivity index (χ2v) is 10.6. The van der Waals surface area contributed by atoms with Crippen molar-refractivity contribution in [2.45, 2.75) is 58.5 Å². The molecule has 0 spiro atoms. The summed E-state index contributed by atoms with van der Waals surface area (Å²) in [5, 5.41) is 3.40. The summed E-state index contributed by atoms with van der Waals surface area (Å²) >= 11 is 1.61. The number of aryl methyl sites for hydroxylation is 1. The number of thiophene rings is 1. The van der Waals surface area contributed by atoms with E-state index in [0.29, 0.717) is 30.6 Å². The van der Waals surface area contributed by atoms with E-state index in [2.05, 4.69) is 5.32 Å². The van der Waals surface area contributed by atoms with Crippen molar-refractivity contribution in [3.63, 3.8) is 0 Å². The van der Waals surface area contributed by atoms with Crippen LogP contribution < -0.4 is 10.1 Å². The molecule has 0 saturated carbocycles. The fraction of sp³-hybridized carbons (Fsp3) is 0.429. The Morgan fingerprint density at radius 3 is 2.63 bits per heavy atom. The van der Waals surface area contributed by atoms with E-state index in [9.17, 15) is 9.59 Å². The number of benzene rings is 1. The second-order valence-electron chi connectivity index (χ2n) is 9.30. The molecule has 0 bridgehead atoms. The lowest BCUT2D eigenvalue weighted by atomic mass is 9.73. The third kappa shape index (κ3) is 5.52. The summed E-state index contributed by atoms with van der Waals surface area (Å²) < 4.78 is 16.5. The predicted molar refractivity (Wildman–Crippen MR) is 137 cm³/mol. The van der Waals surface area contributed by atoms with Gasteiger partial charge in [-0.15, -0.1) is 11.3 Å². The summed E-state index contributed by atoms with van der Waals surface area (Å²) in [6, 6.07) is 11.9. The van der Waals surface area contributed by atoms with Crippen LogP contribution in [0.4, 0.5) is 0 Å². The van der Waals surface area contributed by atoms with Crippen molar-refractivity contribution in [1.82, 2.24) is 5.32 Å². The van der Waals surface area contributed by atoms with Crippen molar-refractivity contribution < 1.29 is 23.8 Å². The van der Waals surface area contributed by atoms with Crippen molar-refractivity contribution in [2.75, 3.05) is 20.3 Å². The first-order valence-electron chi connectivity index (χ1n) is 12.0. The molecule has 1 N–H and O–H groups in total. The van der Waals surface area contributed by atoms with E-state index >= 15 is 0 Å². The van der Waals surface area contributed by atoms with Gasteiger partial charge in [-0.05, 0) is 69.9 Å². The number of ketones is 1. The molecule has 2 atom stereocenters. The Morgan fingerprint density at radius 2 is 1.94 bits per heavy atom. The zero-order valence-electron chi connectivity index (χ0n) is 21.0. The molecular formula is C28H33NO5S. The fourth-order valence-corrected chi connectivity index (χ4v) is 5.83. The van der Waals surface area contributed by atoms with Crippen molar-refractivity contribution in [2.24, 2.45) is 0 Å². The quantitative estimate of drug-likeness (QED) is 0.391. The van der Waals surface area contributed by atoms with Gasteiger partial charge in [0.05, 0.1) is 31.3 Å². The molecule has 0 radical (unpaired) electrons. The molecule has 1 aromatic heterocycles. The number of rotatable bonds is 8. The minimum Gasteiger partial charge on any atom is -0.497 e. The van der Waals surface area contributed by atoms with E-state index in [-0.39, 0.29) is 24.4 Å². The molecule has 1 aliphatic heterocycles. The number of hydrogen-bond donors (Lipinski definition) is 1. The Bertz CT molecular complexity index is 1180. The molecule has 1 aliphatic carbocycles. The normalized spacial score (nSPS) is 20.1. The smallest absolute Gasteiger partial charge is 0.336 e. The topological polar surface area (TPSA) is 73.9 Å². The van der Waals surface area contributed by atoms with Crippen LogP contribution in [-0.4, -0.2) is 38.2 Å². The van der Waals surface area contributed by atoms with E-state index in [1.807, 2.05) is 64.1 Å². The summed E-state index contributed by atoms with van der Waals surface area (Å²) in [5.41, 5.74) is 3.88. The number of nitrogens with one attached hydrogen (secondary N) is 1. The number of dihydropyridines is 1. The monoisotopic (exact) mass is 495 g/mol. The number of Topliss-reactive ketones (excluding diaryl/α,β-unsaturated/α-hetero) is 1. The van der Waals surface area contributed by atoms with Gasteiger partial charge in [0.25, 0.3) is 0 Å². The van der Waals surface area contributed by atoms with Crippen LogP contribution in [0.5, 0.6) is 5.75 Å². The summed E-state index contributed by atoms with van der Waals surface area (Å²) in [6.45, 7) is 8.30. The highest BCUT2D eigenvalue weighted by molar-refractivity contribution is 7.12. The molecule has 7 heteroatoms. The predicted octanol–water partition coefficient (Wildman–Crippen LogP) is 5.39. The maximum Gasteiger partial charge on any atom is 0.336 e. The van der Waals surface area contributed by atoms with Crippen LogP contribution in [-0.2, 0) is 19.1 Å². The number of carbonyl (C=O) groups is 2. The summed E-state index contributed by atoms with van der Waals surface area (Å²) in [5.74, 6) is 0.0448. The van der Waals surface area contributed by atoms with Crippen LogP contribution in [0.3, 0.4) is 0 Å². The highest BCUT2D eigenvalue weighted by Crippen LogP contribution is 2.47. The van der Waals surface area contributed by atoms with Crippen LogP contribution >= 0.6 is 11.3 Å². The third-order valence-corrected chi connectivity index (χ3v) is 7.49. The fourth-order valence-electron chi connectivity index (χ4n) is 4.83. The lowest BCUT2D eigenvalue weighted by molar-refractivity contribution is -0.141. The average molecular weight is 496 g/mol. The van der Waals surface area contributed by atoms with E-state index in [1.165, 1.54) is 0 Å². The summed E-state index contributed by atoms with van der Waals surface area (Å²) in [7, 11) is 1.64. The Kier molecular flexibility index (Phi) is 7.77. The van der Waals surface area contributed by atoms with E-state index in [0.717, 1.165) is 32.5 Å². The van der Waals surface area contributed by atoms with Gasteiger partial charge in [0.1, 0.15) is 12.4 Å². The molecular weight excluding hydrogens is 462 g/mol. The first kappa shape index (κ1) is 25.2. The van der Waals surface area contributed by atoms with Crippen LogP contribution in [0, 0.1) is 6.92 Å². The molecule has 0 amide bonds. The van der Waals surface area contributed by atoms with Gasteiger partial charge in [0.15, 0.2) is 5.78 Å². The van der Waals surface area contributed by atoms with Crippen LogP contribution in [0.1, 0.15) is 60.8 Å². The van der Waals surface area contributed by atoms with Crippen molar-refractivity contribution in [3.05, 3.63) is 74.3 Å². The second kappa shape index (κ2) is 10.8. The largest absolute Gasteiger partial charge is 0.497 e. The molecule has 6 nitrogen and oxygen atoms in total. The molecule has 2 heterocycles. The zero-order chi connectivity index (χ0) is 25.1. The van der Waals surface area contributed by atoms with Gasteiger partial charge in [0.2, 0.25) is 0 Å². The van der Waals surface area contributed by atoms with Crippen molar-refractivity contribution in [3.8, 4) is 5.75 Å². The van der Waals surface area contributed by atoms with Gasteiger partial charge in [-0.1, -0.05) is 12.1 Å². The Balaban J connectivity index is 1.66. The van der Waals surface area contributed by atoms with Gasteiger partial charge in [-0.3, -0.25) is 4.79 Å². The van der Waals surface area contributed by atoms with Gasteiger partial charge in [0, 0.05) is 33.1 Å². The highest BCUT2D eigenvalue weighted by atomic mass is 32.1. The molecule has 0 fully saturated rings. The van der Waals surface area contributed by atoms with Crippen LogP contribution in [0.2, 0.25) is 0 Å².